The third-order valence-electron chi connectivity index (χ3n) is 6.92. The number of carbonyl (C=O) groups is 2. The zero-order valence-corrected chi connectivity index (χ0v) is 17.7. The van der Waals surface area contributed by atoms with Crippen LogP contribution in [0.2, 0.25) is 0 Å². The molecule has 1 unspecified atom stereocenters. The quantitative estimate of drug-likeness (QED) is 0.646. The minimum absolute atomic E-state index is 0.0992. The van der Waals surface area contributed by atoms with Crippen molar-refractivity contribution in [2.45, 2.75) is 38.5 Å². The van der Waals surface area contributed by atoms with Gasteiger partial charge in [-0.1, -0.05) is 6.07 Å². The van der Waals surface area contributed by atoms with Crippen LogP contribution in [0.1, 0.15) is 46.2 Å². The molecule has 164 valence electrons. The van der Waals surface area contributed by atoms with Crippen LogP contribution in [-0.4, -0.2) is 66.3 Å². The summed E-state index contributed by atoms with van der Waals surface area (Å²) in [5.74, 6) is 0.615. The number of aliphatic hydroxyl groups excluding tert-OH is 1. The summed E-state index contributed by atoms with van der Waals surface area (Å²) in [6.07, 6.45) is 5.25. The zero-order chi connectivity index (χ0) is 22.1. The molecule has 0 radical (unpaired) electrons. The second kappa shape index (κ2) is 6.77. The molecule has 0 bridgehead atoms. The number of carbonyl (C=O) groups excluding carboxylic acids is 2. The topological polar surface area (TPSA) is 117 Å². The molecule has 3 aliphatic rings. The number of aliphatic hydroxyl groups is 1. The van der Waals surface area contributed by atoms with Gasteiger partial charge < -0.3 is 20.6 Å². The van der Waals surface area contributed by atoms with Gasteiger partial charge in [-0.3, -0.25) is 14.0 Å². The van der Waals surface area contributed by atoms with Crippen molar-refractivity contribution in [1.29, 1.82) is 0 Å². The SMILES string of the molecule is CC(C1CC1)N1Cc2cc(-c3cnc4c(N)nc(C(=O)N5CC(O)C5)cn34)ccc2C1=O. The highest BCUT2D eigenvalue weighted by molar-refractivity contribution is 5.99. The molecule has 2 aromatic heterocycles. The summed E-state index contributed by atoms with van der Waals surface area (Å²) in [5, 5.41) is 9.50. The van der Waals surface area contributed by atoms with Gasteiger partial charge in [0.2, 0.25) is 0 Å². The number of β-amino-alcohol motifs (C(OH)–C–C–N with tert-alkyl or cyclic N) is 1. The van der Waals surface area contributed by atoms with Gasteiger partial charge in [-0.15, -0.1) is 0 Å². The van der Waals surface area contributed by atoms with Gasteiger partial charge >= 0.3 is 0 Å². The first-order valence-corrected chi connectivity index (χ1v) is 11.0. The molecule has 1 aromatic carbocycles. The van der Waals surface area contributed by atoms with Crippen LogP contribution in [0.3, 0.4) is 0 Å². The number of likely N-dealkylation sites (tertiary alicyclic amines) is 1. The fraction of sp³-hybridized carbons (Fsp3) is 0.391. The number of amides is 2. The molecule has 2 amide bonds. The monoisotopic (exact) mass is 432 g/mol. The van der Waals surface area contributed by atoms with E-state index >= 15 is 0 Å². The number of hydrogen-bond acceptors (Lipinski definition) is 6. The van der Waals surface area contributed by atoms with E-state index in [4.69, 9.17) is 5.73 Å². The predicted octanol–water partition coefficient (Wildman–Crippen LogP) is 1.55. The van der Waals surface area contributed by atoms with Crippen molar-refractivity contribution in [1.82, 2.24) is 24.2 Å². The van der Waals surface area contributed by atoms with Gasteiger partial charge in [-0.2, -0.15) is 0 Å². The van der Waals surface area contributed by atoms with Crippen molar-refractivity contribution in [3.63, 3.8) is 0 Å². The van der Waals surface area contributed by atoms with Gasteiger partial charge in [0.05, 0.1) is 18.0 Å². The molecular weight excluding hydrogens is 408 g/mol. The Morgan fingerprint density at radius 1 is 1.28 bits per heavy atom. The Morgan fingerprint density at radius 2 is 2.06 bits per heavy atom. The van der Waals surface area contributed by atoms with Crippen LogP contribution in [0.5, 0.6) is 0 Å². The molecule has 6 rings (SSSR count). The van der Waals surface area contributed by atoms with E-state index in [1.807, 2.05) is 23.1 Å². The average molecular weight is 432 g/mol. The van der Waals surface area contributed by atoms with Crippen molar-refractivity contribution < 1.29 is 14.7 Å². The summed E-state index contributed by atoms with van der Waals surface area (Å²) in [6.45, 7) is 3.34. The lowest BCUT2D eigenvalue weighted by molar-refractivity contribution is 0.00548. The van der Waals surface area contributed by atoms with E-state index in [1.165, 1.54) is 17.7 Å². The Morgan fingerprint density at radius 3 is 2.78 bits per heavy atom. The Hall–Kier alpha value is -3.46. The Bertz CT molecular complexity index is 1270. The molecule has 2 aliphatic heterocycles. The molecule has 1 saturated carbocycles. The van der Waals surface area contributed by atoms with Crippen molar-refractivity contribution in [3.8, 4) is 11.3 Å². The molecule has 4 heterocycles. The number of nitrogens with two attached hydrogens (primary N) is 1. The largest absolute Gasteiger partial charge is 0.389 e. The maximum absolute atomic E-state index is 12.9. The Balaban J connectivity index is 1.36. The second-order valence-corrected chi connectivity index (χ2v) is 9.10. The van der Waals surface area contributed by atoms with Gasteiger partial charge in [0.1, 0.15) is 5.69 Å². The summed E-state index contributed by atoms with van der Waals surface area (Å²) in [6, 6.07) is 6.08. The van der Waals surface area contributed by atoms with Crippen LogP contribution in [0.15, 0.2) is 30.6 Å². The lowest BCUT2D eigenvalue weighted by Crippen LogP contribution is -2.53. The lowest BCUT2D eigenvalue weighted by atomic mass is 10.0. The van der Waals surface area contributed by atoms with E-state index in [9.17, 15) is 14.7 Å². The van der Waals surface area contributed by atoms with Crippen molar-refractivity contribution in [3.05, 3.63) is 47.4 Å². The number of benzene rings is 1. The summed E-state index contributed by atoms with van der Waals surface area (Å²) in [5.41, 5.74) is 10.2. The Kier molecular flexibility index (Phi) is 4.07. The number of fused-ring (bicyclic) bond motifs is 2. The standard InChI is InChI=1S/C23H24N6O3/c1-12(13-2-3-13)28-8-15-6-14(4-5-17(15)22(28)31)19-7-25-21-20(24)26-18(11-29(19)21)23(32)27-9-16(30)10-27/h4-7,11-13,16,30H,2-3,8-10H2,1H3,(H2,24,26). The van der Waals surface area contributed by atoms with Crippen LogP contribution in [0, 0.1) is 5.92 Å². The van der Waals surface area contributed by atoms with E-state index in [0.29, 0.717) is 31.2 Å². The Labute approximate surface area is 184 Å². The van der Waals surface area contributed by atoms with Crippen molar-refractivity contribution in [2.24, 2.45) is 5.92 Å². The van der Waals surface area contributed by atoms with E-state index < -0.39 is 6.10 Å². The van der Waals surface area contributed by atoms with Crippen molar-refractivity contribution in [2.75, 3.05) is 18.8 Å². The highest BCUT2D eigenvalue weighted by Gasteiger charge is 2.38. The first-order valence-electron chi connectivity index (χ1n) is 11.0. The van der Waals surface area contributed by atoms with Crippen LogP contribution < -0.4 is 5.73 Å². The number of rotatable bonds is 4. The number of hydrogen-bond donors (Lipinski definition) is 2. The molecule has 9 heteroatoms. The number of imidazole rings is 1. The number of nitrogen functional groups attached to an aromatic ring is 1. The van der Waals surface area contributed by atoms with E-state index in [1.54, 1.807) is 16.8 Å². The van der Waals surface area contributed by atoms with Gasteiger partial charge in [-0.05, 0) is 43.4 Å². The number of aromatic nitrogens is 3. The molecule has 2 fully saturated rings. The average Bonchev–Trinajstić information content (AvgIpc) is 3.44. The molecule has 1 atom stereocenters. The number of anilines is 1. The smallest absolute Gasteiger partial charge is 0.274 e. The molecule has 3 N–H and O–H groups in total. The third-order valence-corrected chi connectivity index (χ3v) is 6.92. The van der Waals surface area contributed by atoms with Gasteiger partial charge in [-0.25, -0.2) is 9.97 Å². The fourth-order valence-electron chi connectivity index (χ4n) is 4.78. The molecule has 32 heavy (non-hydrogen) atoms. The van der Waals surface area contributed by atoms with Crippen molar-refractivity contribution >= 4 is 23.3 Å². The molecule has 1 aliphatic carbocycles. The molecule has 1 saturated heterocycles. The molecule has 0 spiro atoms. The summed E-state index contributed by atoms with van der Waals surface area (Å²) < 4.78 is 1.77. The second-order valence-electron chi connectivity index (χ2n) is 9.10. The van der Waals surface area contributed by atoms with Crippen LogP contribution in [-0.2, 0) is 6.54 Å². The first kappa shape index (κ1) is 19.2. The predicted molar refractivity (Wildman–Crippen MR) is 117 cm³/mol. The van der Waals surface area contributed by atoms with Gasteiger partial charge in [0, 0.05) is 43.0 Å². The fourth-order valence-corrected chi connectivity index (χ4v) is 4.78. The molecular formula is C23H24N6O3. The van der Waals surface area contributed by atoms with Crippen LogP contribution in [0.25, 0.3) is 16.9 Å². The summed E-state index contributed by atoms with van der Waals surface area (Å²) in [7, 11) is 0. The van der Waals surface area contributed by atoms with E-state index in [2.05, 4.69) is 16.9 Å². The summed E-state index contributed by atoms with van der Waals surface area (Å²) in [4.78, 5) is 37.7. The minimum Gasteiger partial charge on any atom is -0.389 e. The van der Waals surface area contributed by atoms with E-state index in [-0.39, 0.29) is 29.4 Å². The van der Waals surface area contributed by atoms with Gasteiger partial charge in [0.25, 0.3) is 11.8 Å². The molecule has 3 aromatic rings. The van der Waals surface area contributed by atoms with Crippen LogP contribution in [0.4, 0.5) is 5.82 Å². The highest BCUT2D eigenvalue weighted by atomic mass is 16.3. The third kappa shape index (κ3) is 2.88. The molecule has 9 nitrogen and oxygen atoms in total. The lowest BCUT2D eigenvalue weighted by Gasteiger charge is -2.35. The van der Waals surface area contributed by atoms with Crippen LogP contribution >= 0.6 is 0 Å². The normalized spacial score (nSPS) is 19.4. The van der Waals surface area contributed by atoms with E-state index in [0.717, 1.165) is 22.4 Å². The maximum Gasteiger partial charge on any atom is 0.274 e. The maximum atomic E-state index is 12.9. The highest BCUT2D eigenvalue weighted by Crippen LogP contribution is 2.39. The minimum atomic E-state index is -0.486. The summed E-state index contributed by atoms with van der Waals surface area (Å²) >= 11 is 0. The first-order chi connectivity index (χ1) is 15.4. The van der Waals surface area contributed by atoms with Gasteiger partial charge in [0.15, 0.2) is 11.5 Å². The zero-order valence-electron chi connectivity index (χ0n) is 17.7. The number of nitrogens with zero attached hydrogens (tertiary/aromatic N) is 5.